The van der Waals surface area contributed by atoms with E-state index < -0.39 is 16.1 Å². The Kier molecular flexibility index (Phi) is 4.36. The van der Waals surface area contributed by atoms with Gasteiger partial charge in [-0.05, 0) is 29.8 Å². The molecule has 4 atom stereocenters. The monoisotopic (exact) mass is 310 g/mol. The molecule has 2 aliphatic carbocycles. The molecule has 0 amide bonds. The Balaban J connectivity index is 1.92. The molecule has 4 heteroatoms. The summed E-state index contributed by atoms with van der Waals surface area (Å²) in [6.45, 7) is 14.9. The number of hydrogen-bond donors (Lipinski definition) is 0. The summed E-state index contributed by atoms with van der Waals surface area (Å²) in [4.78, 5) is 12.4. The van der Waals surface area contributed by atoms with Crippen molar-refractivity contribution in [3.63, 3.8) is 0 Å². The number of esters is 1. The first-order valence-corrected chi connectivity index (χ1v) is 15.2. The van der Waals surface area contributed by atoms with E-state index in [0.29, 0.717) is 18.4 Å². The Morgan fingerprint density at radius 2 is 1.80 bits per heavy atom. The molecule has 20 heavy (non-hydrogen) atoms. The largest absolute Gasteiger partial charge is 0.466 e. The van der Waals surface area contributed by atoms with Crippen molar-refractivity contribution in [3.8, 4) is 0 Å². The maximum absolute atomic E-state index is 12.4. The minimum absolute atomic E-state index is 0.0725. The first kappa shape index (κ1) is 16.0. The van der Waals surface area contributed by atoms with Gasteiger partial charge in [0.25, 0.3) is 0 Å². The van der Waals surface area contributed by atoms with E-state index in [1.165, 1.54) is 0 Å². The van der Waals surface area contributed by atoms with Crippen molar-refractivity contribution in [2.24, 2.45) is 17.8 Å². The highest BCUT2D eigenvalue weighted by Gasteiger charge is 2.52. The van der Waals surface area contributed by atoms with E-state index in [4.69, 9.17) is 4.74 Å². The predicted octanol–water partition coefficient (Wildman–Crippen LogP) is 4.40. The molecule has 2 nitrogen and oxygen atoms in total. The molecular formula is C16H30O2Si2. The Morgan fingerprint density at radius 3 is 2.30 bits per heavy atom. The molecule has 1 saturated carbocycles. The van der Waals surface area contributed by atoms with Crippen LogP contribution in [0.2, 0.25) is 50.9 Å². The summed E-state index contributed by atoms with van der Waals surface area (Å²) in [6, 6.07) is 1.08. The molecule has 0 radical (unpaired) electrons. The van der Waals surface area contributed by atoms with Crippen LogP contribution in [0.3, 0.4) is 0 Å². The number of ether oxygens (including phenoxy) is 1. The lowest BCUT2D eigenvalue weighted by atomic mass is 9.94. The minimum Gasteiger partial charge on any atom is -0.466 e. The Bertz CT molecular complexity index is 404. The van der Waals surface area contributed by atoms with E-state index in [1.807, 2.05) is 0 Å². The lowest BCUT2D eigenvalue weighted by Gasteiger charge is -2.30. The number of allylic oxidation sites excluding steroid dienone is 2. The molecule has 0 aromatic rings. The third-order valence-corrected chi connectivity index (χ3v) is 9.36. The maximum atomic E-state index is 12.4. The quantitative estimate of drug-likeness (QED) is 0.427. The van der Waals surface area contributed by atoms with Crippen LogP contribution in [-0.2, 0) is 9.53 Å². The fourth-order valence-corrected chi connectivity index (χ4v) is 7.64. The lowest BCUT2D eigenvalue weighted by Crippen LogP contribution is -2.33. The van der Waals surface area contributed by atoms with Crippen molar-refractivity contribution in [2.75, 3.05) is 6.61 Å². The second-order valence-corrected chi connectivity index (χ2v) is 19.9. The summed E-state index contributed by atoms with van der Waals surface area (Å²) in [6.07, 6.45) is 5.70. The standard InChI is InChI=1S/C16H30O2Si2/c1-19(2,3)10-9-18-16(17)14-11-12-7-8-13(14)15(12)20(4,5)6/h7-8,12-15H,9-11H2,1-6H3. The van der Waals surface area contributed by atoms with Crippen LogP contribution in [0.15, 0.2) is 12.2 Å². The molecule has 2 rings (SSSR count). The van der Waals surface area contributed by atoms with Gasteiger partial charge in [-0.2, -0.15) is 0 Å². The number of fused-ring (bicyclic) bond motifs is 2. The van der Waals surface area contributed by atoms with E-state index in [9.17, 15) is 4.79 Å². The van der Waals surface area contributed by atoms with Crippen LogP contribution in [-0.4, -0.2) is 28.7 Å². The molecular weight excluding hydrogens is 280 g/mol. The van der Waals surface area contributed by atoms with Gasteiger partial charge >= 0.3 is 5.97 Å². The molecule has 0 saturated heterocycles. The predicted molar refractivity (Wildman–Crippen MR) is 90.4 cm³/mol. The van der Waals surface area contributed by atoms with E-state index in [0.717, 1.165) is 18.0 Å². The topological polar surface area (TPSA) is 26.3 Å². The normalized spacial score (nSPS) is 32.7. The summed E-state index contributed by atoms with van der Waals surface area (Å²) in [5.41, 5.74) is 0.747. The molecule has 0 aromatic heterocycles. The van der Waals surface area contributed by atoms with Crippen LogP contribution in [0.1, 0.15) is 6.42 Å². The highest BCUT2D eigenvalue weighted by Crippen LogP contribution is 2.56. The van der Waals surface area contributed by atoms with Gasteiger partial charge in [0.1, 0.15) is 0 Å². The average Bonchev–Trinajstić information content (AvgIpc) is 2.83. The van der Waals surface area contributed by atoms with Crippen molar-refractivity contribution in [1.29, 1.82) is 0 Å². The second-order valence-electron chi connectivity index (χ2n) is 8.84. The van der Waals surface area contributed by atoms with E-state index in [-0.39, 0.29) is 11.9 Å². The van der Waals surface area contributed by atoms with Crippen LogP contribution >= 0.6 is 0 Å². The third-order valence-electron chi connectivity index (χ3n) is 4.85. The summed E-state index contributed by atoms with van der Waals surface area (Å²) in [5.74, 6) is 1.32. The van der Waals surface area contributed by atoms with Gasteiger partial charge in [0.05, 0.1) is 12.5 Å². The van der Waals surface area contributed by atoms with Gasteiger partial charge in [0.2, 0.25) is 0 Å². The summed E-state index contributed by atoms with van der Waals surface area (Å²) < 4.78 is 5.59. The minimum atomic E-state index is -1.20. The van der Waals surface area contributed by atoms with Crippen LogP contribution in [0, 0.1) is 17.8 Å². The Hall–Kier alpha value is -0.356. The summed E-state index contributed by atoms with van der Waals surface area (Å²) in [5, 5.41) is 0. The summed E-state index contributed by atoms with van der Waals surface area (Å²) >= 11 is 0. The zero-order valence-corrected chi connectivity index (χ0v) is 15.9. The molecule has 114 valence electrons. The molecule has 2 aliphatic rings. The average molecular weight is 311 g/mol. The molecule has 2 bridgehead atoms. The van der Waals surface area contributed by atoms with Crippen LogP contribution in [0.5, 0.6) is 0 Å². The van der Waals surface area contributed by atoms with Crippen molar-refractivity contribution >= 4 is 22.1 Å². The van der Waals surface area contributed by atoms with Gasteiger partial charge in [0.15, 0.2) is 0 Å². The smallest absolute Gasteiger partial charge is 0.309 e. The highest BCUT2D eigenvalue weighted by molar-refractivity contribution is 6.78. The zero-order chi connectivity index (χ0) is 15.1. The SMILES string of the molecule is C[Si](C)(C)CCOC(=O)C1CC2C=CC1C2[Si](C)(C)C. The van der Waals surface area contributed by atoms with Gasteiger partial charge in [-0.3, -0.25) is 4.79 Å². The fraction of sp³-hybridized carbons (Fsp3) is 0.812. The molecule has 0 spiro atoms. The van der Waals surface area contributed by atoms with E-state index in [2.05, 4.69) is 51.4 Å². The van der Waals surface area contributed by atoms with Crippen LogP contribution < -0.4 is 0 Å². The van der Waals surface area contributed by atoms with Crippen molar-refractivity contribution in [1.82, 2.24) is 0 Å². The van der Waals surface area contributed by atoms with Crippen LogP contribution in [0.25, 0.3) is 0 Å². The molecule has 0 aromatic carbocycles. The zero-order valence-electron chi connectivity index (χ0n) is 13.9. The lowest BCUT2D eigenvalue weighted by molar-refractivity contribution is -0.148. The molecule has 4 unspecified atom stereocenters. The number of rotatable bonds is 5. The first-order chi connectivity index (χ1) is 9.09. The molecule has 0 aliphatic heterocycles. The number of carbonyl (C=O) groups is 1. The van der Waals surface area contributed by atoms with Gasteiger partial charge < -0.3 is 4.74 Å². The molecule has 0 N–H and O–H groups in total. The molecule has 0 heterocycles. The first-order valence-electron chi connectivity index (χ1n) is 7.94. The van der Waals surface area contributed by atoms with Gasteiger partial charge in [-0.1, -0.05) is 51.4 Å². The Morgan fingerprint density at radius 1 is 1.15 bits per heavy atom. The maximum Gasteiger partial charge on any atom is 0.309 e. The van der Waals surface area contributed by atoms with Gasteiger partial charge in [0, 0.05) is 16.1 Å². The fourth-order valence-electron chi connectivity index (χ4n) is 3.89. The van der Waals surface area contributed by atoms with Crippen LogP contribution in [0.4, 0.5) is 0 Å². The third kappa shape index (κ3) is 3.45. The van der Waals surface area contributed by atoms with E-state index in [1.54, 1.807) is 0 Å². The van der Waals surface area contributed by atoms with Gasteiger partial charge in [-0.25, -0.2) is 0 Å². The summed E-state index contributed by atoms with van der Waals surface area (Å²) in [7, 11) is -2.31. The number of carbonyl (C=O) groups excluding carboxylic acids is 1. The Labute approximate surface area is 126 Å². The second kappa shape index (κ2) is 5.45. The van der Waals surface area contributed by atoms with Crippen molar-refractivity contribution in [3.05, 3.63) is 12.2 Å². The number of hydrogen-bond acceptors (Lipinski definition) is 2. The highest BCUT2D eigenvalue weighted by atomic mass is 28.3. The van der Waals surface area contributed by atoms with Crippen molar-refractivity contribution in [2.45, 2.75) is 57.3 Å². The van der Waals surface area contributed by atoms with Crippen molar-refractivity contribution < 1.29 is 9.53 Å². The van der Waals surface area contributed by atoms with Gasteiger partial charge in [-0.15, -0.1) is 0 Å². The van der Waals surface area contributed by atoms with E-state index >= 15 is 0 Å². The molecule has 1 fully saturated rings.